The molecule has 0 spiro atoms. The van der Waals surface area contributed by atoms with Gasteiger partial charge in [0.2, 0.25) is 0 Å². The molecule has 76 valence electrons. The average Bonchev–Trinajstić information content (AvgIpc) is 2.63. The number of Topliss-reactive ketones (excluding diaryl/α,β-unsaturated/α-hetero) is 1. The summed E-state index contributed by atoms with van der Waals surface area (Å²) in [6.45, 7) is 5.20. The van der Waals surface area contributed by atoms with E-state index in [4.69, 9.17) is 4.42 Å². The summed E-state index contributed by atoms with van der Waals surface area (Å²) in [7, 11) is 0. The van der Waals surface area contributed by atoms with Gasteiger partial charge in [0.25, 0.3) is 0 Å². The molecule has 0 N–H and O–H groups in total. The van der Waals surface area contributed by atoms with Crippen molar-refractivity contribution in [1.82, 2.24) is 0 Å². The lowest BCUT2D eigenvalue weighted by Gasteiger charge is -1.96. The quantitative estimate of drug-likeness (QED) is 0.561. The second-order valence-electron chi connectivity index (χ2n) is 3.50. The zero-order chi connectivity index (χ0) is 10.8. The van der Waals surface area contributed by atoms with Crippen LogP contribution in [0.25, 0.3) is 11.0 Å². The van der Waals surface area contributed by atoms with Gasteiger partial charge in [-0.05, 0) is 18.1 Å². The highest BCUT2D eigenvalue weighted by Gasteiger charge is 2.09. The molecule has 0 saturated carbocycles. The molecule has 0 saturated heterocycles. The number of allylic oxidation sites excluding steroid dienone is 1. The largest absolute Gasteiger partial charge is 0.453 e. The molecule has 0 unspecified atom stereocenters. The summed E-state index contributed by atoms with van der Waals surface area (Å²) in [6, 6.07) is 7.67. The van der Waals surface area contributed by atoms with Crippen LogP contribution in [0.1, 0.15) is 23.0 Å². The van der Waals surface area contributed by atoms with Gasteiger partial charge in [0.05, 0.1) is 0 Å². The Morgan fingerprint density at radius 1 is 1.53 bits per heavy atom. The number of ketones is 1. The molecule has 0 atom stereocenters. The number of para-hydroxylation sites is 1. The summed E-state index contributed by atoms with van der Waals surface area (Å²) >= 11 is 0. The van der Waals surface area contributed by atoms with Crippen LogP contribution in [-0.4, -0.2) is 5.78 Å². The summed E-state index contributed by atoms with van der Waals surface area (Å²) in [6.07, 6.45) is 2.58. The predicted octanol–water partition coefficient (Wildman–Crippen LogP) is 3.36. The van der Waals surface area contributed by atoms with E-state index in [1.807, 2.05) is 24.3 Å². The van der Waals surface area contributed by atoms with E-state index in [-0.39, 0.29) is 5.78 Å². The van der Waals surface area contributed by atoms with Gasteiger partial charge in [-0.1, -0.05) is 24.3 Å². The Morgan fingerprint density at radius 3 is 3.00 bits per heavy atom. The number of benzene rings is 1. The third-order valence-electron chi connectivity index (χ3n) is 2.34. The van der Waals surface area contributed by atoms with Crippen molar-refractivity contribution < 1.29 is 9.21 Å². The van der Waals surface area contributed by atoms with E-state index in [2.05, 4.69) is 6.58 Å². The number of carbonyl (C=O) groups excluding carboxylic acids is 1. The van der Waals surface area contributed by atoms with Gasteiger partial charge in [0.15, 0.2) is 11.5 Å². The van der Waals surface area contributed by atoms with Gasteiger partial charge < -0.3 is 4.42 Å². The van der Waals surface area contributed by atoms with E-state index in [1.54, 1.807) is 6.07 Å². The molecule has 0 aliphatic heterocycles. The van der Waals surface area contributed by atoms with Crippen LogP contribution in [0.5, 0.6) is 0 Å². The second kappa shape index (κ2) is 3.73. The average molecular weight is 200 g/mol. The summed E-state index contributed by atoms with van der Waals surface area (Å²) in [4.78, 5) is 11.2. The van der Waals surface area contributed by atoms with E-state index < -0.39 is 0 Å². The maximum Gasteiger partial charge on any atom is 0.194 e. The van der Waals surface area contributed by atoms with Crippen LogP contribution in [0.2, 0.25) is 0 Å². The van der Waals surface area contributed by atoms with E-state index in [1.165, 1.54) is 6.92 Å². The summed E-state index contributed by atoms with van der Waals surface area (Å²) in [5.41, 5.74) is 1.86. The van der Waals surface area contributed by atoms with Crippen molar-refractivity contribution in [2.24, 2.45) is 0 Å². The van der Waals surface area contributed by atoms with Crippen LogP contribution in [0, 0.1) is 0 Å². The van der Waals surface area contributed by atoms with Crippen molar-refractivity contribution >= 4 is 16.8 Å². The van der Waals surface area contributed by atoms with Crippen LogP contribution >= 0.6 is 0 Å². The van der Waals surface area contributed by atoms with Gasteiger partial charge in [0, 0.05) is 12.3 Å². The minimum Gasteiger partial charge on any atom is -0.453 e. The van der Waals surface area contributed by atoms with Crippen LogP contribution in [0.4, 0.5) is 0 Å². The molecule has 2 nitrogen and oxygen atoms in total. The molecular weight excluding hydrogens is 188 g/mol. The van der Waals surface area contributed by atoms with Gasteiger partial charge in [-0.25, -0.2) is 0 Å². The molecule has 0 amide bonds. The highest BCUT2D eigenvalue weighted by atomic mass is 16.3. The first-order valence-electron chi connectivity index (χ1n) is 4.85. The minimum atomic E-state index is -0.0456. The first-order chi connectivity index (χ1) is 7.22. The van der Waals surface area contributed by atoms with Crippen LogP contribution in [0.15, 0.2) is 41.3 Å². The van der Waals surface area contributed by atoms with Gasteiger partial charge in [-0.15, -0.1) is 6.58 Å². The van der Waals surface area contributed by atoms with Crippen molar-refractivity contribution in [2.75, 3.05) is 0 Å². The molecule has 0 radical (unpaired) electrons. The van der Waals surface area contributed by atoms with E-state index in [0.29, 0.717) is 5.76 Å². The number of furan rings is 1. The van der Waals surface area contributed by atoms with Gasteiger partial charge in [-0.3, -0.25) is 4.79 Å². The van der Waals surface area contributed by atoms with E-state index in [9.17, 15) is 4.79 Å². The smallest absolute Gasteiger partial charge is 0.194 e. The summed E-state index contributed by atoms with van der Waals surface area (Å²) in [5.74, 6) is 0.372. The van der Waals surface area contributed by atoms with E-state index >= 15 is 0 Å². The fourth-order valence-corrected chi connectivity index (χ4v) is 1.61. The van der Waals surface area contributed by atoms with Crippen LogP contribution in [0.3, 0.4) is 0 Å². The van der Waals surface area contributed by atoms with E-state index in [0.717, 1.165) is 23.0 Å². The zero-order valence-electron chi connectivity index (χ0n) is 8.62. The van der Waals surface area contributed by atoms with Crippen molar-refractivity contribution in [3.63, 3.8) is 0 Å². The standard InChI is InChI=1S/C13H12O2/c1-3-5-10-6-4-7-11-8-12(9(2)14)15-13(10)11/h3-4,6-8H,1,5H2,2H3. The number of rotatable bonds is 3. The maximum atomic E-state index is 11.2. The Balaban J connectivity index is 2.63. The number of fused-ring (bicyclic) bond motifs is 1. The Morgan fingerprint density at radius 2 is 2.33 bits per heavy atom. The number of carbonyl (C=O) groups is 1. The minimum absolute atomic E-state index is 0.0456. The molecule has 1 aromatic carbocycles. The normalized spacial score (nSPS) is 10.5. The molecule has 0 fully saturated rings. The van der Waals surface area contributed by atoms with Crippen molar-refractivity contribution in [2.45, 2.75) is 13.3 Å². The Labute approximate surface area is 88.2 Å². The molecule has 1 heterocycles. The van der Waals surface area contributed by atoms with Crippen molar-refractivity contribution in [3.05, 3.63) is 48.2 Å². The molecule has 2 aromatic rings. The lowest BCUT2D eigenvalue weighted by molar-refractivity contribution is 0.0989. The first kappa shape index (κ1) is 9.71. The maximum absolute atomic E-state index is 11.2. The van der Waals surface area contributed by atoms with Crippen LogP contribution in [-0.2, 0) is 6.42 Å². The Bertz CT molecular complexity index is 520. The number of hydrogen-bond donors (Lipinski definition) is 0. The van der Waals surface area contributed by atoms with Gasteiger partial charge >= 0.3 is 0 Å². The fraction of sp³-hybridized carbons (Fsp3) is 0.154. The van der Waals surface area contributed by atoms with Crippen molar-refractivity contribution in [1.29, 1.82) is 0 Å². The predicted molar refractivity (Wildman–Crippen MR) is 60.1 cm³/mol. The monoisotopic (exact) mass is 200 g/mol. The highest BCUT2D eigenvalue weighted by Crippen LogP contribution is 2.23. The van der Waals surface area contributed by atoms with Gasteiger partial charge in [-0.2, -0.15) is 0 Å². The summed E-state index contributed by atoms with van der Waals surface area (Å²) < 4.78 is 5.52. The molecule has 1 aromatic heterocycles. The Kier molecular flexibility index (Phi) is 2.42. The molecule has 0 aliphatic rings. The number of hydrogen-bond acceptors (Lipinski definition) is 2. The van der Waals surface area contributed by atoms with Gasteiger partial charge in [0.1, 0.15) is 5.58 Å². The summed E-state index contributed by atoms with van der Waals surface area (Å²) in [5, 5.41) is 0.972. The lowest BCUT2D eigenvalue weighted by Crippen LogP contribution is -1.85. The fourth-order valence-electron chi connectivity index (χ4n) is 1.61. The topological polar surface area (TPSA) is 30.2 Å². The molecule has 2 rings (SSSR count). The van der Waals surface area contributed by atoms with Crippen molar-refractivity contribution in [3.8, 4) is 0 Å². The van der Waals surface area contributed by atoms with Crippen LogP contribution < -0.4 is 0 Å². The lowest BCUT2D eigenvalue weighted by atomic mass is 10.1. The molecule has 0 aliphatic carbocycles. The SMILES string of the molecule is C=CCc1cccc2cc(C(C)=O)oc12. The molecule has 2 heteroatoms. The molecular formula is C13H12O2. The zero-order valence-corrected chi connectivity index (χ0v) is 8.62. The molecule has 0 bridgehead atoms. The third-order valence-corrected chi connectivity index (χ3v) is 2.34. The highest BCUT2D eigenvalue weighted by molar-refractivity contribution is 5.96. The second-order valence-corrected chi connectivity index (χ2v) is 3.50. The molecule has 15 heavy (non-hydrogen) atoms. The first-order valence-corrected chi connectivity index (χ1v) is 4.85. The third kappa shape index (κ3) is 1.71. The Hall–Kier alpha value is -1.83.